The number of anilines is 1. The fourth-order valence-corrected chi connectivity index (χ4v) is 1.85. The fourth-order valence-electron chi connectivity index (χ4n) is 1.68. The molecule has 0 aromatic carbocycles. The number of imidazole rings is 1. The number of nitrogens with one attached hydrogen (secondary N) is 2. The average molecular weight is 264 g/mol. The van der Waals surface area contributed by atoms with Crippen molar-refractivity contribution in [2.45, 2.75) is 6.54 Å². The van der Waals surface area contributed by atoms with Gasteiger partial charge in [0.15, 0.2) is 11.5 Å². The van der Waals surface area contributed by atoms with E-state index in [-0.39, 0.29) is 5.28 Å². The van der Waals surface area contributed by atoms with Crippen LogP contribution >= 0.6 is 11.6 Å². The van der Waals surface area contributed by atoms with Crippen LogP contribution in [0.4, 0.5) is 5.82 Å². The summed E-state index contributed by atoms with van der Waals surface area (Å²) in [6, 6.07) is 0. The second-order valence-corrected chi connectivity index (χ2v) is 4.16. The number of nitrogens with zero attached hydrogens (tertiary/aromatic N) is 5. The van der Waals surface area contributed by atoms with Crippen LogP contribution in [0.25, 0.3) is 11.2 Å². The third-order valence-electron chi connectivity index (χ3n) is 2.48. The van der Waals surface area contributed by atoms with Gasteiger partial charge in [0, 0.05) is 25.4 Å². The molecule has 0 spiro atoms. The number of rotatable bonds is 3. The molecule has 0 atom stereocenters. The smallest absolute Gasteiger partial charge is 0.226 e. The molecule has 0 unspecified atom stereocenters. The van der Waals surface area contributed by atoms with Gasteiger partial charge in [0.2, 0.25) is 5.28 Å². The number of halogens is 1. The van der Waals surface area contributed by atoms with E-state index in [0.717, 1.165) is 11.1 Å². The van der Waals surface area contributed by atoms with E-state index < -0.39 is 0 Å². The molecule has 0 fully saturated rings. The Labute approximate surface area is 107 Å². The molecule has 3 rings (SSSR count). The second-order valence-electron chi connectivity index (χ2n) is 3.82. The minimum atomic E-state index is 0.170. The van der Waals surface area contributed by atoms with Crippen LogP contribution in [0.15, 0.2) is 18.7 Å². The number of hydrogen-bond donors (Lipinski definition) is 2. The highest BCUT2D eigenvalue weighted by molar-refractivity contribution is 6.28. The van der Waals surface area contributed by atoms with Gasteiger partial charge in [-0.1, -0.05) is 0 Å². The highest BCUT2D eigenvalue weighted by Crippen LogP contribution is 2.19. The lowest BCUT2D eigenvalue weighted by atomic mass is 10.3. The monoisotopic (exact) mass is 263 g/mol. The Kier molecular flexibility index (Phi) is 2.60. The van der Waals surface area contributed by atoms with Gasteiger partial charge in [-0.2, -0.15) is 15.1 Å². The van der Waals surface area contributed by atoms with Crippen molar-refractivity contribution in [3.63, 3.8) is 0 Å². The van der Waals surface area contributed by atoms with Gasteiger partial charge >= 0.3 is 0 Å². The van der Waals surface area contributed by atoms with Gasteiger partial charge in [-0.15, -0.1) is 0 Å². The van der Waals surface area contributed by atoms with Crippen LogP contribution in [0.3, 0.4) is 0 Å². The zero-order valence-corrected chi connectivity index (χ0v) is 10.3. The van der Waals surface area contributed by atoms with Crippen molar-refractivity contribution in [2.24, 2.45) is 7.05 Å². The van der Waals surface area contributed by atoms with Crippen LogP contribution in [0.5, 0.6) is 0 Å². The molecule has 0 amide bonds. The summed E-state index contributed by atoms with van der Waals surface area (Å²) in [7, 11) is 1.87. The molecule has 7 nitrogen and oxygen atoms in total. The van der Waals surface area contributed by atoms with E-state index in [2.05, 4.69) is 30.4 Å². The average Bonchev–Trinajstić information content (AvgIpc) is 2.94. The molecule has 0 saturated carbocycles. The Balaban J connectivity index is 1.87. The van der Waals surface area contributed by atoms with Crippen molar-refractivity contribution in [1.29, 1.82) is 0 Å². The quantitative estimate of drug-likeness (QED) is 0.697. The Morgan fingerprint density at radius 1 is 1.44 bits per heavy atom. The third-order valence-corrected chi connectivity index (χ3v) is 2.65. The van der Waals surface area contributed by atoms with Gasteiger partial charge in [-0.25, -0.2) is 4.98 Å². The minimum absolute atomic E-state index is 0.170. The zero-order valence-electron chi connectivity index (χ0n) is 9.55. The van der Waals surface area contributed by atoms with E-state index in [4.69, 9.17) is 11.6 Å². The normalized spacial score (nSPS) is 11.0. The maximum Gasteiger partial charge on any atom is 0.226 e. The van der Waals surface area contributed by atoms with Crippen molar-refractivity contribution in [3.05, 3.63) is 29.6 Å². The number of H-pyrrole nitrogens is 1. The lowest BCUT2D eigenvalue weighted by Crippen LogP contribution is -2.02. The third kappa shape index (κ3) is 2.00. The highest BCUT2D eigenvalue weighted by atomic mass is 35.5. The van der Waals surface area contributed by atoms with E-state index in [1.54, 1.807) is 17.2 Å². The molecule has 8 heteroatoms. The minimum Gasteiger partial charge on any atom is -0.364 e. The van der Waals surface area contributed by atoms with Gasteiger partial charge in [-0.05, 0) is 11.6 Å². The Hall–Kier alpha value is -2.15. The molecule has 18 heavy (non-hydrogen) atoms. The molecule has 0 radical (unpaired) electrons. The first-order valence-electron chi connectivity index (χ1n) is 5.30. The number of aromatic amines is 1. The summed E-state index contributed by atoms with van der Waals surface area (Å²) in [5.41, 5.74) is 2.34. The van der Waals surface area contributed by atoms with Crippen LogP contribution in [0.1, 0.15) is 5.56 Å². The molecule has 3 heterocycles. The number of hydrogen-bond acceptors (Lipinski definition) is 5. The first-order chi connectivity index (χ1) is 8.72. The van der Waals surface area contributed by atoms with Crippen LogP contribution in [0, 0.1) is 0 Å². The van der Waals surface area contributed by atoms with Crippen molar-refractivity contribution in [3.8, 4) is 0 Å². The van der Waals surface area contributed by atoms with Gasteiger partial charge < -0.3 is 10.3 Å². The summed E-state index contributed by atoms with van der Waals surface area (Å²) in [5.74, 6) is 0.631. The van der Waals surface area contributed by atoms with E-state index in [1.807, 2.05) is 13.2 Å². The number of aromatic nitrogens is 6. The van der Waals surface area contributed by atoms with Crippen LogP contribution in [-0.2, 0) is 13.6 Å². The van der Waals surface area contributed by atoms with Crippen molar-refractivity contribution >= 4 is 28.6 Å². The van der Waals surface area contributed by atoms with Crippen LogP contribution < -0.4 is 5.32 Å². The van der Waals surface area contributed by atoms with Crippen LogP contribution in [-0.4, -0.2) is 29.7 Å². The van der Waals surface area contributed by atoms with Crippen molar-refractivity contribution < 1.29 is 0 Å². The topological polar surface area (TPSA) is 84.3 Å². The lowest BCUT2D eigenvalue weighted by Gasteiger charge is -2.04. The Morgan fingerprint density at radius 3 is 3.11 bits per heavy atom. The molecule has 0 saturated heterocycles. The molecular weight excluding hydrogens is 254 g/mol. The summed E-state index contributed by atoms with van der Waals surface area (Å²) < 4.78 is 1.75. The number of fused-ring (bicyclic) bond motifs is 1. The predicted octanol–water partition coefficient (Wildman–Crippen LogP) is 1.35. The summed E-state index contributed by atoms with van der Waals surface area (Å²) in [6.07, 6.45) is 5.28. The SMILES string of the molecule is Cn1cc(CNc2nc(Cl)nc3nc[nH]c23)cn1. The van der Waals surface area contributed by atoms with E-state index >= 15 is 0 Å². The maximum absolute atomic E-state index is 5.83. The summed E-state index contributed by atoms with van der Waals surface area (Å²) in [6.45, 7) is 0.606. The Morgan fingerprint density at radius 2 is 2.33 bits per heavy atom. The van der Waals surface area contributed by atoms with E-state index in [9.17, 15) is 0 Å². The van der Waals surface area contributed by atoms with Crippen LogP contribution in [0.2, 0.25) is 5.28 Å². The Bertz CT molecular complexity index is 686. The second kappa shape index (κ2) is 4.26. The molecule has 3 aromatic rings. The summed E-state index contributed by atoms with van der Waals surface area (Å²) in [4.78, 5) is 15.2. The van der Waals surface area contributed by atoms with Gasteiger partial charge in [-0.3, -0.25) is 4.68 Å². The lowest BCUT2D eigenvalue weighted by molar-refractivity contribution is 0.767. The standard InChI is InChI=1S/C10H10ClN7/c1-18-4-6(3-15-18)2-12-8-7-9(14-5-13-7)17-10(11)16-8/h3-5H,2H2,1H3,(H2,12,13,14,16,17). The molecular formula is C10H10ClN7. The molecule has 3 aromatic heterocycles. The molecule has 0 bridgehead atoms. The maximum atomic E-state index is 5.83. The van der Waals surface area contributed by atoms with Crippen molar-refractivity contribution in [1.82, 2.24) is 29.7 Å². The first kappa shape index (κ1) is 11.0. The summed E-state index contributed by atoms with van der Waals surface area (Å²) in [5, 5.41) is 7.45. The van der Waals surface area contributed by atoms with E-state index in [1.165, 1.54) is 0 Å². The molecule has 92 valence electrons. The van der Waals surface area contributed by atoms with Gasteiger partial charge in [0.25, 0.3) is 0 Å². The number of aryl methyl sites for hydroxylation is 1. The molecule has 0 aliphatic heterocycles. The van der Waals surface area contributed by atoms with Gasteiger partial charge in [0.05, 0.1) is 12.5 Å². The zero-order chi connectivity index (χ0) is 12.5. The first-order valence-corrected chi connectivity index (χ1v) is 5.68. The largest absolute Gasteiger partial charge is 0.364 e. The highest BCUT2D eigenvalue weighted by Gasteiger charge is 2.08. The summed E-state index contributed by atoms with van der Waals surface area (Å²) >= 11 is 5.83. The van der Waals surface area contributed by atoms with E-state index in [0.29, 0.717) is 18.0 Å². The van der Waals surface area contributed by atoms with Crippen molar-refractivity contribution in [2.75, 3.05) is 5.32 Å². The predicted molar refractivity (Wildman–Crippen MR) is 67.2 cm³/mol. The molecule has 2 N–H and O–H groups in total. The molecule has 0 aliphatic rings. The molecule has 0 aliphatic carbocycles. The fraction of sp³-hybridized carbons (Fsp3) is 0.200. The van der Waals surface area contributed by atoms with Gasteiger partial charge in [0.1, 0.15) is 5.52 Å².